The fraction of sp³-hybridized carbons (Fsp3) is 0.750. The van der Waals surface area contributed by atoms with E-state index in [1.807, 2.05) is 0 Å². The van der Waals surface area contributed by atoms with E-state index < -0.39 is 5.97 Å². The monoisotopic (exact) mass is 291 g/mol. The van der Waals surface area contributed by atoms with Gasteiger partial charge in [-0.15, -0.1) is 0 Å². The molecule has 1 saturated heterocycles. The van der Waals surface area contributed by atoms with E-state index in [4.69, 9.17) is 10.2 Å². The van der Waals surface area contributed by atoms with Crippen LogP contribution in [0.5, 0.6) is 0 Å². The third-order valence-corrected chi connectivity index (χ3v) is 4.88. The Morgan fingerprint density at radius 2 is 2.14 bits per heavy atom. The summed E-state index contributed by atoms with van der Waals surface area (Å²) in [5.74, 6) is -0.137. The molecular weight excluding hydrogens is 266 g/mol. The Labute approximate surface area is 125 Å². The molecule has 2 aliphatic rings. The van der Waals surface area contributed by atoms with Crippen LogP contribution in [-0.2, 0) is 11.3 Å². The van der Waals surface area contributed by atoms with Gasteiger partial charge >= 0.3 is 5.97 Å². The van der Waals surface area contributed by atoms with Crippen molar-refractivity contribution in [2.75, 3.05) is 13.1 Å². The number of likely N-dealkylation sites (tertiary alicyclic amines) is 1. The summed E-state index contributed by atoms with van der Waals surface area (Å²) in [7, 11) is 0. The summed E-state index contributed by atoms with van der Waals surface area (Å²) >= 11 is 0. The predicted octanol–water partition coefficient (Wildman–Crippen LogP) is 2.68. The number of carboxylic acids is 1. The number of rotatable bonds is 6. The van der Waals surface area contributed by atoms with Crippen LogP contribution in [0.4, 0.5) is 0 Å². The molecule has 3 rings (SSSR count). The second-order valence-electron chi connectivity index (χ2n) is 6.55. The molecule has 1 atom stereocenters. The van der Waals surface area contributed by atoms with Crippen molar-refractivity contribution < 1.29 is 9.90 Å². The van der Waals surface area contributed by atoms with Crippen molar-refractivity contribution in [1.82, 2.24) is 14.7 Å². The highest BCUT2D eigenvalue weighted by Gasteiger charge is 2.24. The van der Waals surface area contributed by atoms with Gasteiger partial charge in [0.1, 0.15) is 0 Å². The predicted molar refractivity (Wildman–Crippen MR) is 80.0 cm³/mol. The van der Waals surface area contributed by atoms with Gasteiger partial charge in [-0.3, -0.25) is 14.4 Å². The fourth-order valence-electron chi connectivity index (χ4n) is 3.68. The first-order chi connectivity index (χ1) is 10.2. The van der Waals surface area contributed by atoms with Gasteiger partial charge < -0.3 is 5.11 Å². The van der Waals surface area contributed by atoms with E-state index in [-0.39, 0.29) is 0 Å². The molecule has 1 aliphatic carbocycles. The first kappa shape index (κ1) is 14.6. The summed E-state index contributed by atoms with van der Waals surface area (Å²) < 4.78 is 2.15. The van der Waals surface area contributed by atoms with Crippen LogP contribution in [0.25, 0.3) is 0 Å². The van der Waals surface area contributed by atoms with Gasteiger partial charge in [0.15, 0.2) is 0 Å². The van der Waals surface area contributed by atoms with Crippen molar-refractivity contribution in [2.24, 2.45) is 5.92 Å². The SMILES string of the molecule is O=C(O)CCC1CCN(Cc2ccn(C3CCCC3)n2)C1. The van der Waals surface area contributed by atoms with Crippen LogP contribution in [0.2, 0.25) is 0 Å². The van der Waals surface area contributed by atoms with Crippen LogP contribution in [0.3, 0.4) is 0 Å². The van der Waals surface area contributed by atoms with E-state index in [1.54, 1.807) is 0 Å². The zero-order chi connectivity index (χ0) is 14.7. The zero-order valence-electron chi connectivity index (χ0n) is 12.6. The summed E-state index contributed by atoms with van der Waals surface area (Å²) in [4.78, 5) is 13.0. The lowest BCUT2D eigenvalue weighted by Gasteiger charge is -2.14. The Balaban J connectivity index is 1.47. The maximum atomic E-state index is 10.6. The van der Waals surface area contributed by atoms with Crippen LogP contribution in [-0.4, -0.2) is 38.8 Å². The van der Waals surface area contributed by atoms with E-state index in [9.17, 15) is 4.79 Å². The van der Waals surface area contributed by atoms with Gasteiger partial charge in [0.25, 0.3) is 0 Å². The Hall–Kier alpha value is -1.36. The Morgan fingerprint density at radius 1 is 1.33 bits per heavy atom. The van der Waals surface area contributed by atoms with E-state index in [2.05, 4.69) is 21.8 Å². The largest absolute Gasteiger partial charge is 0.481 e. The maximum absolute atomic E-state index is 10.6. The summed E-state index contributed by atoms with van der Waals surface area (Å²) in [6.45, 7) is 2.99. The minimum absolute atomic E-state index is 0.300. The van der Waals surface area contributed by atoms with Crippen LogP contribution in [0, 0.1) is 5.92 Å². The number of hydrogen-bond donors (Lipinski definition) is 1. The summed E-state index contributed by atoms with van der Waals surface area (Å²) in [6, 6.07) is 2.75. The van der Waals surface area contributed by atoms with Gasteiger partial charge in [0.2, 0.25) is 0 Å². The highest BCUT2D eigenvalue weighted by molar-refractivity contribution is 5.66. The van der Waals surface area contributed by atoms with Gasteiger partial charge in [-0.05, 0) is 44.2 Å². The molecule has 5 heteroatoms. The average molecular weight is 291 g/mol. The second-order valence-corrected chi connectivity index (χ2v) is 6.55. The minimum atomic E-state index is -0.677. The molecule has 0 bridgehead atoms. The van der Waals surface area contributed by atoms with Crippen molar-refractivity contribution in [3.8, 4) is 0 Å². The van der Waals surface area contributed by atoms with Crippen molar-refractivity contribution in [1.29, 1.82) is 0 Å². The standard InChI is InChI=1S/C16H25N3O2/c20-16(21)6-5-13-7-9-18(11-13)12-14-8-10-19(17-14)15-3-1-2-4-15/h8,10,13,15H,1-7,9,11-12H2,(H,20,21). The van der Waals surface area contributed by atoms with Crippen LogP contribution in [0.1, 0.15) is 56.7 Å². The zero-order valence-corrected chi connectivity index (χ0v) is 12.6. The van der Waals surface area contributed by atoms with Crippen molar-refractivity contribution in [3.63, 3.8) is 0 Å². The van der Waals surface area contributed by atoms with E-state index in [0.29, 0.717) is 18.4 Å². The molecule has 21 heavy (non-hydrogen) atoms. The molecule has 0 spiro atoms. The van der Waals surface area contributed by atoms with Crippen LogP contribution >= 0.6 is 0 Å². The molecule has 116 valence electrons. The fourth-order valence-corrected chi connectivity index (χ4v) is 3.68. The molecule has 1 saturated carbocycles. The number of nitrogens with zero attached hydrogens (tertiary/aromatic N) is 3. The van der Waals surface area contributed by atoms with Crippen LogP contribution in [0.15, 0.2) is 12.3 Å². The van der Waals surface area contributed by atoms with Gasteiger partial charge in [0, 0.05) is 25.7 Å². The summed E-state index contributed by atoms with van der Waals surface area (Å²) in [6.07, 6.45) is 9.55. The van der Waals surface area contributed by atoms with Crippen molar-refractivity contribution in [3.05, 3.63) is 18.0 Å². The molecule has 0 aromatic carbocycles. The first-order valence-corrected chi connectivity index (χ1v) is 8.19. The van der Waals surface area contributed by atoms with Gasteiger partial charge in [-0.2, -0.15) is 5.10 Å². The lowest BCUT2D eigenvalue weighted by Crippen LogP contribution is -2.21. The normalized spacial score (nSPS) is 23.9. The molecule has 1 aromatic heterocycles. The molecule has 1 N–H and O–H groups in total. The molecule has 1 unspecified atom stereocenters. The summed E-state index contributed by atoms with van der Waals surface area (Å²) in [5, 5.41) is 13.5. The molecule has 2 fully saturated rings. The number of hydrogen-bond acceptors (Lipinski definition) is 3. The third-order valence-electron chi connectivity index (χ3n) is 4.88. The van der Waals surface area contributed by atoms with E-state index in [0.717, 1.165) is 38.2 Å². The third kappa shape index (κ3) is 3.84. The topological polar surface area (TPSA) is 58.4 Å². The van der Waals surface area contributed by atoms with Gasteiger partial charge in [-0.25, -0.2) is 0 Å². The molecule has 0 radical (unpaired) electrons. The lowest BCUT2D eigenvalue weighted by atomic mass is 10.0. The highest BCUT2D eigenvalue weighted by atomic mass is 16.4. The highest BCUT2D eigenvalue weighted by Crippen LogP contribution is 2.29. The van der Waals surface area contributed by atoms with E-state index in [1.165, 1.54) is 25.7 Å². The summed E-state index contributed by atoms with van der Waals surface area (Å²) in [5.41, 5.74) is 1.15. The second kappa shape index (κ2) is 6.60. The minimum Gasteiger partial charge on any atom is -0.481 e. The van der Waals surface area contributed by atoms with Gasteiger partial charge in [0.05, 0.1) is 11.7 Å². The number of aromatic nitrogens is 2. The van der Waals surface area contributed by atoms with Crippen molar-refractivity contribution >= 4 is 5.97 Å². The number of aliphatic carboxylic acids is 1. The molecular formula is C16H25N3O2. The molecule has 0 amide bonds. The Kier molecular flexibility index (Phi) is 4.58. The average Bonchev–Trinajstić information content (AvgIpc) is 3.18. The molecule has 5 nitrogen and oxygen atoms in total. The molecule has 1 aliphatic heterocycles. The smallest absolute Gasteiger partial charge is 0.303 e. The van der Waals surface area contributed by atoms with Crippen molar-refractivity contribution in [2.45, 2.75) is 57.5 Å². The Morgan fingerprint density at radius 3 is 2.90 bits per heavy atom. The maximum Gasteiger partial charge on any atom is 0.303 e. The number of carbonyl (C=O) groups is 1. The quantitative estimate of drug-likeness (QED) is 0.875. The Bertz CT molecular complexity index is 480. The molecule has 2 heterocycles. The number of carboxylic acid groups (broad SMARTS) is 1. The van der Waals surface area contributed by atoms with E-state index >= 15 is 0 Å². The first-order valence-electron chi connectivity index (χ1n) is 8.19. The van der Waals surface area contributed by atoms with Crippen LogP contribution < -0.4 is 0 Å². The molecule has 1 aromatic rings. The van der Waals surface area contributed by atoms with Gasteiger partial charge in [-0.1, -0.05) is 12.8 Å². The lowest BCUT2D eigenvalue weighted by molar-refractivity contribution is -0.137.